The number of fused-ring (bicyclic) bond motifs is 1. The van der Waals surface area contributed by atoms with Gasteiger partial charge in [0.1, 0.15) is 23.2 Å². The van der Waals surface area contributed by atoms with Crippen LogP contribution < -0.4 is 0 Å². The number of hydrogen-bond donors (Lipinski definition) is 1. The van der Waals surface area contributed by atoms with Gasteiger partial charge in [-0.2, -0.15) is 5.26 Å². The van der Waals surface area contributed by atoms with Gasteiger partial charge in [-0.3, -0.25) is 4.79 Å². The number of benzene rings is 2. The van der Waals surface area contributed by atoms with E-state index in [0.717, 1.165) is 16.5 Å². The fourth-order valence-electron chi connectivity index (χ4n) is 2.93. The Morgan fingerprint density at radius 1 is 1.07 bits per heavy atom. The third kappa shape index (κ3) is 3.17. The van der Waals surface area contributed by atoms with Gasteiger partial charge < -0.3 is 9.40 Å². The van der Waals surface area contributed by atoms with Crippen LogP contribution in [0.15, 0.2) is 76.9 Å². The van der Waals surface area contributed by atoms with Gasteiger partial charge in [0.05, 0.1) is 5.02 Å². The van der Waals surface area contributed by atoms with Crippen LogP contribution in [0.25, 0.3) is 28.3 Å². The predicted octanol–water partition coefficient (Wildman–Crippen LogP) is 5.87. The quantitative estimate of drug-likeness (QED) is 0.276. The summed E-state index contributed by atoms with van der Waals surface area (Å²) in [7, 11) is 0. The molecule has 2 aromatic heterocycles. The van der Waals surface area contributed by atoms with E-state index in [1.165, 1.54) is 6.08 Å². The first kappa shape index (κ1) is 16.9. The third-order valence-corrected chi connectivity index (χ3v) is 4.58. The van der Waals surface area contributed by atoms with Crippen LogP contribution >= 0.6 is 11.6 Å². The number of allylic oxidation sites excluding steroid dienone is 1. The zero-order valence-electron chi connectivity index (χ0n) is 14.1. The molecule has 5 heteroatoms. The topological polar surface area (TPSA) is 69.8 Å². The molecule has 0 saturated heterocycles. The molecule has 0 aliphatic carbocycles. The van der Waals surface area contributed by atoms with Crippen molar-refractivity contribution in [2.24, 2.45) is 0 Å². The Hall–Kier alpha value is -3.55. The highest BCUT2D eigenvalue weighted by atomic mass is 35.5. The Balaban J connectivity index is 1.69. The van der Waals surface area contributed by atoms with Gasteiger partial charge in [-0.15, -0.1) is 0 Å². The molecule has 0 atom stereocenters. The number of aromatic nitrogens is 1. The molecule has 2 aromatic carbocycles. The maximum Gasteiger partial charge on any atom is 0.205 e. The van der Waals surface area contributed by atoms with Crippen LogP contribution in [0.4, 0.5) is 0 Å². The summed E-state index contributed by atoms with van der Waals surface area (Å²) in [5.74, 6) is 0.629. The zero-order valence-corrected chi connectivity index (χ0v) is 14.8. The lowest BCUT2D eigenvalue weighted by molar-refractivity contribution is 0.104. The fourth-order valence-corrected chi connectivity index (χ4v) is 3.16. The smallest absolute Gasteiger partial charge is 0.205 e. The minimum atomic E-state index is -0.356. The van der Waals surface area contributed by atoms with Gasteiger partial charge in [-0.05, 0) is 30.3 Å². The molecular formula is C22H13ClN2O2. The number of carbonyl (C=O) groups excluding carboxylic acids is 1. The Labute approximate surface area is 160 Å². The molecule has 1 N–H and O–H groups in total. The number of aromatic amines is 1. The third-order valence-electron chi connectivity index (χ3n) is 4.25. The summed E-state index contributed by atoms with van der Waals surface area (Å²) in [6.07, 6.45) is 3.07. The number of Topliss-reactive ketones (excluding diaryl/α,β-unsaturated/α-hetero) is 1. The summed E-state index contributed by atoms with van der Waals surface area (Å²) < 4.78 is 5.77. The van der Waals surface area contributed by atoms with E-state index in [1.807, 2.05) is 48.5 Å². The number of nitrogens with zero attached hydrogens (tertiary/aromatic N) is 1. The molecule has 0 radical (unpaired) electrons. The minimum absolute atomic E-state index is 0.000174. The van der Waals surface area contributed by atoms with Crippen molar-refractivity contribution < 1.29 is 9.21 Å². The van der Waals surface area contributed by atoms with Crippen molar-refractivity contribution in [1.29, 1.82) is 5.26 Å². The standard InChI is InChI=1S/C22H13ClN2O2/c23-19-7-3-1-6-17(19)21-10-9-15(27-21)11-14(12-24)22(26)18-13-25-20-8-4-2-5-16(18)20/h1-11,13,25H/b14-11+. The van der Waals surface area contributed by atoms with Crippen molar-refractivity contribution in [3.63, 3.8) is 0 Å². The van der Waals surface area contributed by atoms with E-state index in [9.17, 15) is 10.1 Å². The zero-order chi connectivity index (χ0) is 18.8. The summed E-state index contributed by atoms with van der Waals surface area (Å²) in [6.45, 7) is 0. The number of furan rings is 1. The molecule has 0 bridgehead atoms. The molecule has 0 unspecified atom stereocenters. The van der Waals surface area contributed by atoms with Crippen molar-refractivity contribution in [3.05, 3.63) is 88.8 Å². The van der Waals surface area contributed by atoms with Crippen LogP contribution in [0.2, 0.25) is 5.02 Å². The Morgan fingerprint density at radius 2 is 1.85 bits per heavy atom. The van der Waals surface area contributed by atoms with Gasteiger partial charge in [-0.25, -0.2) is 0 Å². The molecule has 0 spiro atoms. The lowest BCUT2D eigenvalue weighted by atomic mass is 10.0. The predicted molar refractivity (Wildman–Crippen MR) is 105 cm³/mol. The van der Waals surface area contributed by atoms with Crippen molar-refractivity contribution in [2.45, 2.75) is 0 Å². The molecule has 130 valence electrons. The van der Waals surface area contributed by atoms with Crippen LogP contribution in [0.5, 0.6) is 0 Å². The number of rotatable bonds is 4. The van der Waals surface area contributed by atoms with E-state index in [2.05, 4.69) is 4.98 Å². The first-order valence-electron chi connectivity index (χ1n) is 8.25. The molecule has 2 heterocycles. The number of nitrogens with one attached hydrogen (secondary N) is 1. The normalized spacial score (nSPS) is 11.5. The molecule has 0 aliphatic rings. The molecule has 4 nitrogen and oxygen atoms in total. The molecule has 4 aromatic rings. The van der Waals surface area contributed by atoms with Gasteiger partial charge in [0.25, 0.3) is 0 Å². The number of nitriles is 1. The largest absolute Gasteiger partial charge is 0.457 e. The lowest BCUT2D eigenvalue weighted by Crippen LogP contribution is -2.00. The van der Waals surface area contributed by atoms with E-state index in [-0.39, 0.29) is 11.4 Å². The number of hydrogen-bond acceptors (Lipinski definition) is 3. The molecule has 0 amide bonds. The number of carbonyl (C=O) groups is 1. The van der Waals surface area contributed by atoms with E-state index >= 15 is 0 Å². The molecule has 4 rings (SSSR count). The number of halogens is 1. The van der Waals surface area contributed by atoms with Crippen LogP contribution in [0.3, 0.4) is 0 Å². The van der Waals surface area contributed by atoms with Crippen LogP contribution in [0, 0.1) is 11.3 Å². The highest BCUT2D eigenvalue weighted by Crippen LogP contribution is 2.30. The van der Waals surface area contributed by atoms with Crippen LogP contribution in [-0.4, -0.2) is 10.8 Å². The maximum absolute atomic E-state index is 12.8. The average molecular weight is 373 g/mol. The molecular weight excluding hydrogens is 360 g/mol. The Bertz CT molecular complexity index is 1220. The van der Waals surface area contributed by atoms with Gasteiger partial charge >= 0.3 is 0 Å². The number of ketones is 1. The second-order valence-electron chi connectivity index (χ2n) is 5.93. The van der Waals surface area contributed by atoms with E-state index in [0.29, 0.717) is 22.1 Å². The van der Waals surface area contributed by atoms with Crippen molar-refractivity contribution >= 4 is 34.4 Å². The molecule has 27 heavy (non-hydrogen) atoms. The van der Waals surface area contributed by atoms with Crippen molar-refractivity contribution in [1.82, 2.24) is 4.98 Å². The van der Waals surface area contributed by atoms with Gasteiger partial charge in [0, 0.05) is 34.3 Å². The van der Waals surface area contributed by atoms with Crippen molar-refractivity contribution in [2.75, 3.05) is 0 Å². The van der Waals surface area contributed by atoms with Gasteiger partial charge in [0.15, 0.2) is 0 Å². The SMILES string of the molecule is N#C/C(=C\c1ccc(-c2ccccc2Cl)o1)C(=O)c1c[nH]c2ccccc12. The van der Waals surface area contributed by atoms with Gasteiger partial charge in [0.2, 0.25) is 5.78 Å². The molecule has 0 saturated carbocycles. The van der Waals surface area contributed by atoms with E-state index in [4.69, 9.17) is 16.0 Å². The van der Waals surface area contributed by atoms with E-state index < -0.39 is 0 Å². The summed E-state index contributed by atoms with van der Waals surface area (Å²) in [6, 6.07) is 20.2. The Morgan fingerprint density at radius 3 is 2.67 bits per heavy atom. The average Bonchev–Trinajstić information content (AvgIpc) is 3.33. The summed E-state index contributed by atoms with van der Waals surface area (Å²) in [5, 5.41) is 10.8. The van der Waals surface area contributed by atoms with Crippen LogP contribution in [0.1, 0.15) is 16.1 Å². The summed E-state index contributed by atoms with van der Waals surface area (Å²) >= 11 is 6.19. The van der Waals surface area contributed by atoms with Gasteiger partial charge in [-0.1, -0.05) is 41.9 Å². The second-order valence-corrected chi connectivity index (χ2v) is 6.34. The van der Waals surface area contributed by atoms with Crippen molar-refractivity contribution in [3.8, 4) is 17.4 Å². The molecule has 0 fully saturated rings. The number of para-hydroxylation sites is 1. The Kier molecular flexibility index (Phi) is 4.37. The number of H-pyrrole nitrogens is 1. The minimum Gasteiger partial charge on any atom is -0.457 e. The fraction of sp³-hybridized carbons (Fsp3) is 0. The molecule has 0 aliphatic heterocycles. The van der Waals surface area contributed by atoms with Crippen LogP contribution in [-0.2, 0) is 0 Å². The highest BCUT2D eigenvalue weighted by Gasteiger charge is 2.17. The summed E-state index contributed by atoms with van der Waals surface area (Å²) in [4.78, 5) is 15.9. The first-order valence-corrected chi connectivity index (χ1v) is 8.62. The highest BCUT2D eigenvalue weighted by molar-refractivity contribution is 6.33. The maximum atomic E-state index is 12.8. The summed E-state index contributed by atoms with van der Waals surface area (Å²) in [5.41, 5.74) is 2.05. The monoisotopic (exact) mass is 372 g/mol. The lowest BCUT2D eigenvalue weighted by Gasteiger charge is -1.99. The second kappa shape index (κ2) is 6.99. The first-order chi connectivity index (χ1) is 13.2. The van der Waals surface area contributed by atoms with E-state index in [1.54, 1.807) is 24.4 Å².